The first-order chi connectivity index (χ1) is 35.8. The molecule has 8 aromatic carbocycles. The summed E-state index contributed by atoms with van der Waals surface area (Å²) in [6.07, 6.45) is 1.82. The van der Waals surface area contributed by atoms with E-state index in [9.17, 15) is 4.39 Å². The molecule has 8 heteroatoms. The van der Waals surface area contributed by atoms with Gasteiger partial charge in [-0.15, -0.1) is 29.8 Å². The fourth-order valence-electron chi connectivity index (χ4n) is 11.6. The van der Waals surface area contributed by atoms with E-state index in [1.165, 1.54) is 115 Å². The van der Waals surface area contributed by atoms with Gasteiger partial charge in [0.1, 0.15) is 0 Å². The van der Waals surface area contributed by atoms with Crippen molar-refractivity contribution in [2.24, 2.45) is 0 Å². The molecule has 4 nitrogen and oxygen atoms in total. The summed E-state index contributed by atoms with van der Waals surface area (Å²) in [6, 6.07) is 59.6. The van der Waals surface area contributed by atoms with Gasteiger partial charge in [-0.05, 0) is 25.1 Å². The Labute approximate surface area is 465 Å². The normalized spacial score (nSPS) is 13.1. The van der Waals surface area contributed by atoms with Gasteiger partial charge < -0.3 is 4.98 Å². The molecule has 0 spiro atoms. The predicted octanol–water partition coefficient (Wildman–Crippen LogP) is 13.4. The van der Waals surface area contributed by atoms with Gasteiger partial charge in [0.05, 0.1) is 0 Å². The number of benzene rings is 8. The van der Waals surface area contributed by atoms with Crippen molar-refractivity contribution >= 4 is 107 Å². The molecule has 0 saturated heterocycles. The second-order valence-corrected chi connectivity index (χ2v) is 26.3. The van der Waals surface area contributed by atoms with Gasteiger partial charge in [-0.1, -0.05) is 11.6 Å². The van der Waals surface area contributed by atoms with Crippen LogP contribution in [-0.4, -0.2) is 40.6 Å². The van der Waals surface area contributed by atoms with Gasteiger partial charge in [-0.3, -0.25) is 4.39 Å². The maximum Gasteiger partial charge on any atom is 0.0379 e. The van der Waals surface area contributed by atoms with Crippen LogP contribution < -0.4 is 25.3 Å². The number of hydrogen-bond acceptors (Lipinski definition) is 2. The summed E-state index contributed by atoms with van der Waals surface area (Å²) in [5.41, 5.74) is 23.3. The Bertz CT molecular complexity index is 4380. The number of nitrogens with zero attached hydrogens (tertiary/aromatic N) is 4. The van der Waals surface area contributed by atoms with E-state index in [0.29, 0.717) is 0 Å². The van der Waals surface area contributed by atoms with Crippen molar-refractivity contribution in [3.63, 3.8) is 0 Å². The Hall–Kier alpha value is -6.66. The van der Waals surface area contributed by atoms with Crippen LogP contribution in [0.1, 0.15) is 90.1 Å². The summed E-state index contributed by atoms with van der Waals surface area (Å²) >= 11 is 0.126. The van der Waals surface area contributed by atoms with E-state index in [1.54, 1.807) is 6.07 Å². The molecule has 0 bridgehead atoms. The Morgan fingerprint density at radius 1 is 0.579 bits per heavy atom. The van der Waals surface area contributed by atoms with Crippen molar-refractivity contribution in [3.05, 3.63) is 198 Å². The van der Waals surface area contributed by atoms with Crippen LogP contribution in [0.3, 0.4) is 0 Å². The standard InChI is InChI=1S/C55H47BN3Se.C13H11FN.Ir/c1-53(2,3)33-19-22-45-39(27-33)40-28-35(55(7,8)9)30-42-51(40)58(45)47-25-32(26-49-50(47)56(42)41-29-34(54(4,5)6)20-23-48(41)60-49)31-18-21-43-46(24-31)59-44-17-13-12-15-37(44)36-14-10-11-16-38(36)52(59)57-43;1-9-7-13(15-8-10(9)2)11-3-5-12(14)6-4-11;/h10-15,17-30H,1-9H3;3,5-8H,1-2H3;/q2*-1;. The van der Waals surface area contributed by atoms with E-state index in [1.807, 2.05) is 32.2 Å². The van der Waals surface area contributed by atoms with Crippen LogP contribution in [0.4, 0.5) is 4.39 Å². The molecule has 2 aliphatic heterocycles. The number of aromatic nitrogens is 4. The molecule has 0 atom stereocenters. The zero-order chi connectivity index (χ0) is 52.0. The number of aryl methyl sites for hydroxylation is 2. The fourth-order valence-corrected chi connectivity index (χ4v) is 14.1. The minimum Gasteiger partial charge on any atom is -0.304 e. The summed E-state index contributed by atoms with van der Waals surface area (Å²) in [6.45, 7) is 25.4. The molecular weight excluding hydrogens is 1170 g/mol. The summed E-state index contributed by atoms with van der Waals surface area (Å²) < 4.78 is 20.7. The molecule has 0 N–H and O–H groups in total. The molecule has 76 heavy (non-hydrogen) atoms. The molecule has 6 heterocycles. The third-order valence-corrected chi connectivity index (χ3v) is 18.3. The molecule has 12 aromatic rings. The Kier molecular flexibility index (Phi) is 11.9. The number of rotatable bonds is 2. The van der Waals surface area contributed by atoms with Crippen molar-refractivity contribution in [1.29, 1.82) is 0 Å². The Morgan fingerprint density at radius 3 is 2.05 bits per heavy atom. The van der Waals surface area contributed by atoms with Crippen molar-refractivity contribution in [2.45, 2.75) is 92.4 Å². The smallest absolute Gasteiger partial charge is 0.0379 e. The van der Waals surface area contributed by atoms with Crippen molar-refractivity contribution in [1.82, 2.24) is 18.9 Å². The first-order valence-corrected chi connectivity index (χ1v) is 27.9. The number of imidazole rings is 1. The summed E-state index contributed by atoms with van der Waals surface area (Å²) in [4.78, 5) is 9.54. The molecule has 4 aromatic heterocycles. The van der Waals surface area contributed by atoms with E-state index < -0.39 is 0 Å². The van der Waals surface area contributed by atoms with Crippen molar-refractivity contribution in [3.8, 4) is 28.1 Å². The number of halogens is 1. The van der Waals surface area contributed by atoms with Gasteiger partial charge in [-0.2, -0.15) is 0 Å². The minimum atomic E-state index is -0.275. The third-order valence-electron chi connectivity index (χ3n) is 15.9. The largest absolute Gasteiger partial charge is 0.304 e. The minimum absolute atomic E-state index is 0. The van der Waals surface area contributed by atoms with E-state index in [2.05, 4.69) is 204 Å². The van der Waals surface area contributed by atoms with Crippen LogP contribution in [-0.2, 0) is 36.4 Å². The topological polar surface area (TPSA) is 35.1 Å². The van der Waals surface area contributed by atoms with Crippen molar-refractivity contribution < 1.29 is 24.5 Å². The van der Waals surface area contributed by atoms with Gasteiger partial charge >= 0.3 is 361 Å². The molecule has 1 radical (unpaired) electrons. The SMILES string of the molecule is CC(C)(C)c1ccc2c(c1)B1c3c(cc(-c4ccc5nc6c7[c-]cccc7c7ccccc7n6c5c4)cc3-n3c4ccc(C(C)(C)C)cc4c4cc(C(C)(C)C)cc1c43)[Se]2.Cc1cnc(-c2[c-]cc(F)cc2)cc1C.[Ir]. The Morgan fingerprint density at radius 2 is 1.30 bits per heavy atom. The van der Waals surface area contributed by atoms with Crippen LogP contribution in [0.25, 0.3) is 88.2 Å². The summed E-state index contributed by atoms with van der Waals surface area (Å²) in [7, 11) is 0. The van der Waals surface area contributed by atoms with Gasteiger partial charge in [0, 0.05) is 32.1 Å². The average molecular weight is 1230 g/mol. The molecule has 0 aliphatic carbocycles. The first kappa shape index (κ1) is 50.2. The van der Waals surface area contributed by atoms with Crippen LogP contribution >= 0.6 is 0 Å². The second kappa shape index (κ2) is 18.0. The molecule has 0 saturated carbocycles. The fraction of sp³-hybridized carbons (Fsp3) is 0.206. The van der Waals surface area contributed by atoms with Gasteiger partial charge in [0.2, 0.25) is 0 Å². The molecule has 0 unspecified atom stereocenters. The molecule has 0 fully saturated rings. The molecular formula is C68H58BFIrN4Se-2. The van der Waals surface area contributed by atoms with E-state index in [0.717, 1.165) is 38.9 Å². The van der Waals surface area contributed by atoms with Gasteiger partial charge in [0.15, 0.2) is 0 Å². The molecule has 377 valence electrons. The van der Waals surface area contributed by atoms with E-state index >= 15 is 0 Å². The quantitative estimate of drug-likeness (QED) is 0.0982. The maximum atomic E-state index is 12.7. The van der Waals surface area contributed by atoms with Gasteiger partial charge in [0.25, 0.3) is 0 Å². The first-order valence-electron chi connectivity index (χ1n) is 26.2. The summed E-state index contributed by atoms with van der Waals surface area (Å²) in [5, 5.41) is 6.17. The van der Waals surface area contributed by atoms with Crippen LogP contribution in [0.2, 0.25) is 0 Å². The number of fused-ring (bicyclic) bond motifs is 15. The number of para-hydroxylation sites is 1. The van der Waals surface area contributed by atoms with Gasteiger partial charge in [-0.25, -0.2) is 0 Å². The van der Waals surface area contributed by atoms with Crippen LogP contribution in [0.15, 0.2) is 152 Å². The molecule has 0 amide bonds. The average Bonchev–Trinajstić information content (AvgIpc) is 3.97. The molecule has 14 rings (SSSR count). The Balaban J connectivity index is 0.000000315. The molecule has 2 aliphatic rings. The van der Waals surface area contributed by atoms with Crippen molar-refractivity contribution in [2.75, 3.05) is 0 Å². The zero-order valence-corrected chi connectivity index (χ0v) is 49.0. The third kappa shape index (κ3) is 8.10. The van der Waals surface area contributed by atoms with E-state index in [-0.39, 0.29) is 63.8 Å². The summed E-state index contributed by atoms with van der Waals surface area (Å²) in [5.74, 6) is -0.275. The second-order valence-electron chi connectivity index (χ2n) is 24.0. The number of pyridine rings is 2. The van der Waals surface area contributed by atoms with E-state index in [4.69, 9.17) is 4.98 Å². The monoisotopic (exact) mass is 1230 g/mol. The predicted molar refractivity (Wildman–Crippen MR) is 316 cm³/mol. The number of hydrogen-bond donors (Lipinski definition) is 0. The van der Waals surface area contributed by atoms with Crippen LogP contribution in [0.5, 0.6) is 0 Å². The van der Waals surface area contributed by atoms with Crippen LogP contribution in [0, 0.1) is 31.8 Å². The maximum absolute atomic E-state index is 12.7. The zero-order valence-electron chi connectivity index (χ0n) is 44.9.